The van der Waals surface area contributed by atoms with Gasteiger partial charge < -0.3 is 5.32 Å². The molecule has 3 aromatic rings. The smallest absolute Gasteiger partial charge is 0.266 e. The predicted molar refractivity (Wildman–Crippen MR) is 109 cm³/mol. The molecule has 0 radical (unpaired) electrons. The molecule has 0 atom stereocenters. The van der Waals surface area contributed by atoms with Crippen LogP contribution in [0.5, 0.6) is 0 Å². The van der Waals surface area contributed by atoms with Crippen molar-refractivity contribution in [2.24, 2.45) is 0 Å². The van der Waals surface area contributed by atoms with Crippen molar-refractivity contribution in [2.45, 2.75) is 13.3 Å². The number of nitriles is 1. The van der Waals surface area contributed by atoms with E-state index in [0.717, 1.165) is 22.3 Å². The summed E-state index contributed by atoms with van der Waals surface area (Å²) in [6.45, 7) is 1.93. The highest BCUT2D eigenvalue weighted by molar-refractivity contribution is 6.09. The molecular weight excluding hydrogens is 351 g/mol. The summed E-state index contributed by atoms with van der Waals surface area (Å²) < 4.78 is 13.5. The molecule has 0 aliphatic heterocycles. The zero-order chi connectivity index (χ0) is 19.9. The van der Waals surface area contributed by atoms with E-state index in [1.165, 1.54) is 12.1 Å². The highest BCUT2D eigenvalue weighted by atomic mass is 19.1. The first kappa shape index (κ1) is 19.1. The first-order valence-electron chi connectivity index (χ1n) is 8.87. The van der Waals surface area contributed by atoms with E-state index in [2.05, 4.69) is 5.32 Å². The van der Waals surface area contributed by atoms with Gasteiger partial charge in [-0.25, -0.2) is 4.39 Å². The molecule has 0 saturated heterocycles. The Labute approximate surface area is 163 Å². The maximum absolute atomic E-state index is 13.5. The predicted octanol–water partition coefficient (Wildman–Crippen LogP) is 5.27. The van der Waals surface area contributed by atoms with Crippen LogP contribution in [0, 0.1) is 24.1 Å². The second-order valence-electron chi connectivity index (χ2n) is 6.50. The van der Waals surface area contributed by atoms with Crippen LogP contribution in [-0.4, -0.2) is 5.91 Å². The molecule has 3 rings (SSSR count). The van der Waals surface area contributed by atoms with Gasteiger partial charge in [-0.3, -0.25) is 4.79 Å². The second kappa shape index (κ2) is 8.79. The molecule has 0 fully saturated rings. The summed E-state index contributed by atoms with van der Waals surface area (Å²) in [5.41, 5.74) is 4.14. The molecule has 0 unspecified atom stereocenters. The summed E-state index contributed by atoms with van der Waals surface area (Å²) in [6, 6.07) is 23.2. The number of carbonyl (C=O) groups is 1. The van der Waals surface area contributed by atoms with E-state index in [4.69, 9.17) is 0 Å². The summed E-state index contributed by atoms with van der Waals surface area (Å²) >= 11 is 0. The van der Waals surface area contributed by atoms with Gasteiger partial charge in [-0.1, -0.05) is 48.5 Å². The molecule has 1 amide bonds. The van der Waals surface area contributed by atoms with Crippen molar-refractivity contribution in [1.29, 1.82) is 5.26 Å². The number of carbonyl (C=O) groups excluding carboxylic acids is 1. The van der Waals surface area contributed by atoms with Crippen molar-refractivity contribution >= 4 is 17.7 Å². The Bertz CT molecular complexity index is 1080. The van der Waals surface area contributed by atoms with Crippen molar-refractivity contribution < 1.29 is 9.18 Å². The van der Waals surface area contributed by atoms with Crippen molar-refractivity contribution in [3.8, 4) is 6.07 Å². The van der Waals surface area contributed by atoms with E-state index in [1.807, 2.05) is 61.5 Å². The van der Waals surface area contributed by atoms with Gasteiger partial charge in [-0.2, -0.15) is 5.26 Å². The van der Waals surface area contributed by atoms with E-state index in [9.17, 15) is 14.4 Å². The molecule has 0 aliphatic rings. The Morgan fingerprint density at radius 3 is 2.61 bits per heavy atom. The number of amides is 1. The van der Waals surface area contributed by atoms with Gasteiger partial charge in [0.2, 0.25) is 0 Å². The third kappa shape index (κ3) is 4.93. The van der Waals surface area contributed by atoms with Crippen LogP contribution in [-0.2, 0) is 11.2 Å². The average Bonchev–Trinajstić information content (AvgIpc) is 2.67. The lowest BCUT2D eigenvalue weighted by molar-refractivity contribution is -0.112. The molecule has 3 nitrogen and oxygen atoms in total. The first-order chi connectivity index (χ1) is 13.5. The Balaban J connectivity index is 1.86. The van der Waals surface area contributed by atoms with Crippen molar-refractivity contribution in [3.05, 3.63) is 106 Å². The summed E-state index contributed by atoms with van der Waals surface area (Å²) in [7, 11) is 0. The van der Waals surface area contributed by atoms with Crippen molar-refractivity contribution in [2.75, 3.05) is 5.32 Å². The zero-order valence-electron chi connectivity index (χ0n) is 15.4. The fourth-order valence-electron chi connectivity index (χ4n) is 2.93. The topological polar surface area (TPSA) is 52.9 Å². The van der Waals surface area contributed by atoms with Gasteiger partial charge in [-0.05, 0) is 65.9 Å². The summed E-state index contributed by atoms with van der Waals surface area (Å²) in [6.07, 6.45) is 2.07. The highest BCUT2D eigenvalue weighted by Gasteiger charge is 2.11. The fraction of sp³-hybridized carbons (Fsp3) is 0.0833. The molecule has 28 heavy (non-hydrogen) atoms. The van der Waals surface area contributed by atoms with Gasteiger partial charge in [0.05, 0.1) is 0 Å². The largest absolute Gasteiger partial charge is 0.321 e. The lowest BCUT2D eigenvalue weighted by Gasteiger charge is -2.08. The molecule has 0 bridgehead atoms. The molecule has 0 aromatic heterocycles. The van der Waals surface area contributed by atoms with Crippen LogP contribution in [0.25, 0.3) is 6.08 Å². The van der Waals surface area contributed by atoms with Crippen LogP contribution in [0.15, 0.2) is 78.4 Å². The maximum Gasteiger partial charge on any atom is 0.266 e. The van der Waals surface area contributed by atoms with Gasteiger partial charge in [-0.15, -0.1) is 0 Å². The van der Waals surface area contributed by atoms with Gasteiger partial charge >= 0.3 is 0 Å². The van der Waals surface area contributed by atoms with Crippen LogP contribution in [0.2, 0.25) is 0 Å². The lowest BCUT2D eigenvalue weighted by atomic mass is 9.98. The minimum atomic E-state index is -0.464. The second-order valence-corrected chi connectivity index (χ2v) is 6.50. The third-order valence-corrected chi connectivity index (χ3v) is 4.28. The Morgan fingerprint density at radius 1 is 1.07 bits per heavy atom. The molecule has 0 heterocycles. The zero-order valence-corrected chi connectivity index (χ0v) is 15.4. The number of nitrogens with zero attached hydrogens (tertiary/aromatic N) is 1. The van der Waals surface area contributed by atoms with E-state index < -0.39 is 5.91 Å². The highest BCUT2D eigenvalue weighted by Crippen LogP contribution is 2.19. The van der Waals surface area contributed by atoms with E-state index in [1.54, 1.807) is 18.2 Å². The Kier molecular flexibility index (Phi) is 5.98. The number of halogens is 1. The Morgan fingerprint density at radius 2 is 1.86 bits per heavy atom. The first-order valence-corrected chi connectivity index (χ1v) is 8.87. The number of hydrogen-bond acceptors (Lipinski definition) is 2. The van der Waals surface area contributed by atoms with Gasteiger partial charge in [0.1, 0.15) is 17.5 Å². The number of anilines is 1. The molecule has 0 aliphatic carbocycles. The van der Waals surface area contributed by atoms with Crippen molar-refractivity contribution in [3.63, 3.8) is 0 Å². The number of benzene rings is 3. The minimum Gasteiger partial charge on any atom is -0.321 e. The molecule has 138 valence electrons. The van der Waals surface area contributed by atoms with Crippen LogP contribution < -0.4 is 5.32 Å². The lowest BCUT2D eigenvalue weighted by Crippen LogP contribution is -2.13. The summed E-state index contributed by atoms with van der Waals surface area (Å²) in [5, 5.41) is 12.2. The van der Waals surface area contributed by atoms with Crippen LogP contribution in [0.4, 0.5) is 10.1 Å². The third-order valence-electron chi connectivity index (χ3n) is 4.28. The normalized spacial score (nSPS) is 11.0. The minimum absolute atomic E-state index is 0.00759. The molecule has 0 saturated carbocycles. The summed E-state index contributed by atoms with van der Waals surface area (Å²) in [5.74, 6) is -0.755. The molecule has 3 aromatic carbocycles. The van der Waals surface area contributed by atoms with E-state index in [0.29, 0.717) is 12.1 Å². The van der Waals surface area contributed by atoms with Gasteiger partial charge in [0, 0.05) is 5.69 Å². The maximum atomic E-state index is 13.5. The van der Waals surface area contributed by atoms with Crippen LogP contribution in [0.3, 0.4) is 0 Å². The molecule has 1 N–H and O–H groups in total. The quantitative estimate of drug-likeness (QED) is 0.491. The Hall–Kier alpha value is -3.71. The average molecular weight is 370 g/mol. The number of nitrogens with one attached hydrogen (secondary N) is 1. The van der Waals surface area contributed by atoms with Gasteiger partial charge in [0.25, 0.3) is 5.91 Å². The van der Waals surface area contributed by atoms with Crippen LogP contribution in [0.1, 0.15) is 22.3 Å². The SMILES string of the molecule is Cc1cccc(NC(=O)/C(C#N)=C/c2ccccc2Cc2cccc(F)c2)c1. The fourth-order valence-corrected chi connectivity index (χ4v) is 2.93. The summed E-state index contributed by atoms with van der Waals surface area (Å²) in [4.78, 5) is 12.5. The molecular formula is C24H19FN2O. The van der Waals surface area contributed by atoms with E-state index in [-0.39, 0.29) is 11.4 Å². The van der Waals surface area contributed by atoms with E-state index >= 15 is 0 Å². The standard InChI is InChI=1S/C24H19FN2O/c1-17-6-4-11-23(12-17)27-24(28)21(16-26)15-20-9-3-2-8-19(20)13-18-7-5-10-22(25)14-18/h2-12,14-15H,13H2,1H3,(H,27,28)/b21-15+. The molecule has 4 heteroatoms. The monoisotopic (exact) mass is 370 g/mol. The number of aryl methyl sites for hydroxylation is 1. The van der Waals surface area contributed by atoms with Crippen molar-refractivity contribution in [1.82, 2.24) is 0 Å². The number of rotatable bonds is 5. The molecule has 0 spiro atoms. The van der Waals surface area contributed by atoms with Gasteiger partial charge in [0.15, 0.2) is 0 Å². The number of hydrogen-bond donors (Lipinski definition) is 1. The van der Waals surface area contributed by atoms with Crippen LogP contribution >= 0.6 is 0 Å².